The summed E-state index contributed by atoms with van der Waals surface area (Å²) in [5.74, 6) is 0. The van der Waals surface area contributed by atoms with Gasteiger partial charge in [0.1, 0.15) is 0 Å². The van der Waals surface area contributed by atoms with Crippen LogP contribution in [0.4, 0.5) is 0 Å². The van der Waals surface area contributed by atoms with Gasteiger partial charge in [0.15, 0.2) is 0 Å². The highest BCUT2D eigenvalue weighted by Crippen LogP contribution is 2.11. The van der Waals surface area contributed by atoms with E-state index in [1.165, 1.54) is 5.56 Å². The third-order valence-electron chi connectivity index (χ3n) is 2.63. The number of ether oxygens (including phenoxy) is 2. The van der Waals surface area contributed by atoms with Crippen molar-refractivity contribution < 1.29 is 9.47 Å². The van der Waals surface area contributed by atoms with Crippen LogP contribution in [0.3, 0.4) is 0 Å². The quantitative estimate of drug-likeness (QED) is 0.711. The van der Waals surface area contributed by atoms with Crippen molar-refractivity contribution in [1.82, 2.24) is 5.32 Å². The summed E-state index contributed by atoms with van der Waals surface area (Å²) in [6.45, 7) is 5.13. The van der Waals surface area contributed by atoms with Crippen LogP contribution in [-0.4, -0.2) is 39.5 Å². The standard InChI is InChI=1S/C14H22BrNO2/c1-12(16-7-8-18-10-9-17-2)11-13-3-5-14(15)6-4-13/h3-6,12,16H,7-11H2,1-2H3. The molecule has 0 saturated carbocycles. The van der Waals surface area contributed by atoms with Gasteiger partial charge >= 0.3 is 0 Å². The maximum Gasteiger partial charge on any atom is 0.0700 e. The highest BCUT2D eigenvalue weighted by atomic mass is 79.9. The van der Waals surface area contributed by atoms with Gasteiger partial charge in [-0.05, 0) is 31.0 Å². The first kappa shape index (κ1) is 15.6. The van der Waals surface area contributed by atoms with Crippen molar-refractivity contribution in [3.05, 3.63) is 34.3 Å². The van der Waals surface area contributed by atoms with E-state index in [0.29, 0.717) is 19.3 Å². The zero-order valence-electron chi connectivity index (χ0n) is 11.1. The molecule has 1 aromatic rings. The van der Waals surface area contributed by atoms with Gasteiger partial charge in [0, 0.05) is 24.2 Å². The molecule has 0 spiro atoms. The summed E-state index contributed by atoms with van der Waals surface area (Å²) in [5.41, 5.74) is 1.35. The average Bonchev–Trinajstić information content (AvgIpc) is 2.36. The first-order valence-electron chi connectivity index (χ1n) is 6.27. The van der Waals surface area contributed by atoms with E-state index in [1.54, 1.807) is 7.11 Å². The van der Waals surface area contributed by atoms with Crippen molar-refractivity contribution >= 4 is 15.9 Å². The summed E-state index contributed by atoms with van der Waals surface area (Å²) in [4.78, 5) is 0. The number of methoxy groups -OCH3 is 1. The Hall–Kier alpha value is -0.420. The number of benzene rings is 1. The molecule has 1 rings (SSSR count). The number of hydrogen-bond donors (Lipinski definition) is 1. The minimum atomic E-state index is 0.456. The van der Waals surface area contributed by atoms with Gasteiger partial charge in [0.25, 0.3) is 0 Å². The molecule has 0 aliphatic heterocycles. The molecule has 4 heteroatoms. The third-order valence-corrected chi connectivity index (χ3v) is 3.15. The van der Waals surface area contributed by atoms with E-state index in [-0.39, 0.29) is 0 Å². The van der Waals surface area contributed by atoms with E-state index in [1.807, 2.05) is 0 Å². The zero-order valence-corrected chi connectivity index (χ0v) is 12.7. The third kappa shape index (κ3) is 7.11. The lowest BCUT2D eigenvalue weighted by molar-refractivity contribution is 0.0712. The molecule has 0 bridgehead atoms. The molecular weight excluding hydrogens is 294 g/mol. The van der Waals surface area contributed by atoms with Crippen molar-refractivity contribution in [2.75, 3.05) is 33.5 Å². The van der Waals surface area contributed by atoms with E-state index in [0.717, 1.165) is 24.0 Å². The normalized spacial score (nSPS) is 12.6. The fourth-order valence-corrected chi connectivity index (χ4v) is 1.93. The molecule has 1 N–H and O–H groups in total. The fraction of sp³-hybridized carbons (Fsp3) is 0.571. The van der Waals surface area contributed by atoms with Gasteiger partial charge < -0.3 is 14.8 Å². The first-order chi connectivity index (χ1) is 8.72. The van der Waals surface area contributed by atoms with E-state index in [2.05, 4.69) is 52.4 Å². The van der Waals surface area contributed by atoms with Crippen LogP contribution in [0.5, 0.6) is 0 Å². The monoisotopic (exact) mass is 315 g/mol. The van der Waals surface area contributed by atoms with Crippen LogP contribution >= 0.6 is 15.9 Å². The van der Waals surface area contributed by atoms with E-state index in [4.69, 9.17) is 9.47 Å². The summed E-state index contributed by atoms with van der Waals surface area (Å²) < 4.78 is 11.4. The Bertz CT molecular complexity index is 316. The highest BCUT2D eigenvalue weighted by Gasteiger charge is 2.02. The lowest BCUT2D eigenvalue weighted by Gasteiger charge is -2.14. The van der Waals surface area contributed by atoms with Gasteiger partial charge in [-0.15, -0.1) is 0 Å². The van der Waals surface area contributed by atoms with Gasteiger partial charge in [0.2, 0.25) is 0 Å². The minimum Gasteiger partial charge on any atom is -0.382 e. The van der Waals surface area contributed by atoms with Crippen molar-refractivity contribution in [1.29, 1.82) is 0 Å². The molecule has 102 valence electrons. The van der Waals surface area contributed by atoms with Crippen molar-refractivity contribution in [2.24, 2.45) is 0 Å². The molecule has 0 amide bonds. The van der Waals surface area contributed by atoms with Crippen molar-refractivity contribution in [3.63, 3.8) is 0 Å². The molecule has 0 aliphatic rings. The van der Waals surface area contributed by atoms with Crippen LogP contribution in [-0.2, 0) is 15.9 Å². The number of halogens is 1. The maximum absolute atomic E-state index is 5.40. The molecule has 1 aromatic carbocycles. The second-order valence-electron chi connectivity index (χ2n) is 4.29. The number of rotatable bonds is 9. The first-order valence-corrected chi connectivity index (χ1v) is 7.06. The molecule has 0 aliphatic carbocycles. The largest absolute Gasteiger partial charge is 0.382 e. The SMILES string of the molecule is COCCOCCNC(C)Cc1ccc(Br)cc1. The van der Waals surface area contributed by atoms with Crippen LogP contribution in [0, 0.1) is 0 Å². The van der Waals surface area contributed by atoms with Gasteiger partial charge in [-0.2, -0.15) is 0 Å². The average molecular weight is 316 g/mol. The van der Waals surface area contributed by atoms with Gasteiger partial charge in [-0.3, -0.25) is 0 Å². The Morgan fingerprint density at radius 2 is 1.89 bits per heavy atom. The zero-order chi connectivity index (χ0) is 13.2. The van der Waals surface area contributed by atoms with Crippen LogP contribution in [0.25, 0.3) is 0 Å². The topological polar surface area (TPSA) is 30.5 Å². The van der Waals surface area contributed by atoms with Crippen molar-refractivity contribution in [3.8, 4) is 0 Å². The molecule has 1 unspecified atom stereocenters. The summed E-state index contributed by atoms with van der Waals surface area (Å²) in [7, 11) is 1.68. The maximum atomic E-state index is 5.40. The van der Waals surface area contributed by atoms with E-state index in [9.17, 15) is 0 Å². The Morgan fingerprint density at radius 1 is 1.17 bits per heavy atom. The lowest BCUT2D eigenvalue weighted by atomic mass is 10.1. The van der Waals surface area contributed by atoms with E-state index >= 15 is 0 Å². The number of nitrogens with one attached hydrogen (secondary N) is 1. The van der Waals surface area contributed by atoms with Crippen LogP contribution < -0.4 is 5.32 Å². The molecule has 3 nitrogen and oxygen atoms in total. The second-order valence-corrected chi connectivity index (χ2v) is 5.21. The molecule has 0 saturated heterocycles. The molecule has 0 aromatic heterocycles. The van der Waals surface area contributed by atoms with Gasteiger partial charge in [-0.25, -0.2) is 0 Å². The Balaban J connectivity index is 2.10. The molecule has 0 heterocycles. The molecular formula is C14H22BrNO2. The summed E-state index contributed by atoms with van der Waals surface area (Å²) in [5, 5.41) is 3.45. The molecule has 0 radical (unpaired) electrons. The predicted molar refractivity (Wildman–Crippen MR) is 78.0 cm³/mol. The summed E-state index contributed by atoms with van der Waals surface area (Å²) in [6, 6.07) is 8.91. The number of hydrogen-bond acceptors (Lipinski definition) is 3. The fourth-order valence-electron chi connectivity index (χ4n) is 1.67. The molecule has 18 heavy (non-hydrogen) atoms. The van der Waals surface area contributed by atoms with Crippen LogP contribution in [0.15, 0.2) is 28.7 Å². The molecule has 0 fully saturated rings. The predicted octanol–water partition coefficient (Wildman–Crippen LogP) is 2.63. The van der Waals surface area contributed by atoms with E-state index < -0.39 is 0 Å². The summed E-state index contributed by atoms with van der Waals surface area (Å²) in [6.07, 6.45) is 1.03. The molecule has 1 atom stereocenters. The Morgan fingerprint density at radius 3 is 2.56 bits per heavy atom. The van der Waals surface area contributed by atoms with Crippen LogP contribution in [0.1, 0.15) is 12.5 Å². The minimum absolute atomic E-state index is 0.456. The van der Waals surface area contributed by atoms with Gasteiger partial charge in [-0.1, -0.05) is 28.1 Å². The summed E-state index contributed by atoms with van der Waals surface area (Å²) >= 11 is 3.44. The Kier molecular flexibility index (Phi) is 8.25. The Labute approximate surface area is 118 Å². The second kappa shape index (κ2) is 9.50. The van der Waals surface area contributed by atoms with Crippen LogP contribution in [0.2, 0.25) is 0 Å². The van der Waals surface area contributed by atoms with Gasteiger partial charge in [0.05, 0.1) is 19.8 Å². The lowest BCUT2D eigenvalue weighted by Crippen LogP contribution is -2.31. The highest BCUT2D eigenvalue weighted by molar-refractivity contribution is 9.10. The smallest absolute Gasteiger partial charge is 0.0700 e. The van der Waals surface area contributed by atoms with Crippen molar-refractivity contribution in [2.45, 2.75) is 19.4 Å².